The second-order valence-electron chi connectivity index (χ2n) is 4.09. The minimum Gasteiger partial charge on any atom is -0.383 e. The van der Waals surface area contributed by atoms with Gasteiger partial charge in [0.1, 0.15) is 5.82 Å². The molecule has 98 valence electrons. The number of nitrogens with two attached hydrogens (primary N) is 1. The topological polar surface area (TPSA) is 75.2 Å². The molecule has 1 atom stereocenters. The molecule has 0 aromatic carbocycles. The molecule has 0 aliphatic rings. The zero-order valence-corrected chi connectivity index (χ0v) is 11.0. The molecule has 0 saturated heterocycles. The molecule has 5 heteroatoms. The molecule has 0 aliphatic carbocycles. The second kappa shape index (κ2) is 7.64. The molecule has 1 rings (SSSR count). The summed E-state index contributed by atoms with van der Waals surface area (Å²) < 4.78 is 5.09. The number of methoxy groups -OCH3 is 1. The van der Waals surface area contributed by atoms with Gasteiger partial charge in [-0.05, 0) is 13.0 Å². The summed E-state index contributed by atoms with van der Waals surface area (Å²) in [7, 11) is 1.66. The fraction of sp³-hybridized carbons (Fsp3) is 0.538. The first-order chi connectivity index (χ1) is 8.70. The van der Waals surface area contributed by atoms with Crippen LogP contribution in [0.1, 0.15) is 24.9 Å². The van der Waals surface area contributed by atoms with E-state index in [0.29, 0.717) is 26.1 Å². The maximum absolute atomic E-state index is 8.71. The van der Waals surface area contributed by atoms with Gasteiger partial charge in [0.15, 0.2) is 0 Å². The molecule has 0 radical (unpaired) electrons. The first-order valence-electron chi connectivity index (χ1n) is 6.02. The van der Waals surface area contributed by atoms with Crippen molar-refractivity contribution in [2.75, 3.05) is 31.7 Å². The summed E-state index contributed by atoms with van der Waals surface area (Å²) in [6, 6.07) is 5.92. The summed E-state index contributed by atoms with van der Waals surface area (Å²) in [6.45, 7) is 3.87. The van der Waals surface area contributed by atoms with E-state index in [1.807, 2.05) is 24.0 Å². The summed E-state index contributed by atoms with van der Waals surface area (Å²) in [5.41, 5.74) is 6.94. The molecule has 18 heavy (non-hydrogen) atoms. The molecule has 5 nitrogen and oxygen atoms in total. The molecule has 0 fully saturated rings. The largest absolute Gasteiger partial charge is 0.383 e. The summed E-state index contributed by atoms with van der Waals surface area (Å²) in [4.78, 5) is 6.43. The number of hydrogen-bond donors (Lipinski definition) is 1. The molecule has 1 aromatic rings. The van der Waals surface area contributed by atoms with Crippen molar-refractivity contribution in [3.63, 3.8) is 0 Å². The van der Waals surface area contributed by atoms with Crippen LogP contribution in [0.3, 0.4) is 0 Å². The lowest BCUT2D eigenvalue weighted by atomic mass is 10.1. The minimum absolute atomic E-state index is 0.0826. The van der Waals surface area contributed by atoms with Crippen LogP contribution in [0.5, 0.6) is 0 Å². The predicted octanol–water partition coefficient (Wildman–Crippen LogP) is 1.47. The molecule has 1 unspecified atom stereocenters. The SMILES string of the molecule is COCCN(CCC#N)c1ncccc1C(C)N. The second-order valence-corrected chi connectivity index (χ2v) is 4.09. The maximum Gasteiger partial charge on any atom is 0.133 e. The van der Waals surface area contributed by atoms with Crippen LogP contribution in [-0.2, 0) is 4.74 Å². The Morgan fingerprint density at radius 2 is 2.33 bits per heavy atom. The van der Waals surface area contributed by atoms with E-state index >= 15 is 0 Å². The highest BCUT2D eigenvalue weighted by molar-refractivity contribution is 5.48. The van der Waals surface area contributed by atoms with E-state index in [1.165, 1.54) is 0 Å². The average molecular weight is 248 g/mol. The lowest BCUT2D eigenvalue weighted by Crippen LogP contribution is -2.30. The van der Waals surface area contributed by atoms with Crippen molar-refractivity contribution >= 4 is 5.82 Å². The fourth-order valence-electron chi connectivity index (χ4n) is 1.74. The molecular formula is C13H20N4O. The average Bonchev–Trinajstić information content (AvgIpc) is 2.39. The number of aromatic nitrogens is 1. The van der Waals surface area contributed by atoms with Crippen molar-refractivity contribution in [3.8, 4) is 6.07 Å². The minimum atomic E-state index is -0.0826. The van der Waals surface area contributed by atoms with Gasteiger partial charge in [-0.15, -0.1) is 0 Å². The predicted molar refractivity (Wildman–Crippen MR) is 71.2 cm³/mol. The Bertz CT molecular complexity index is 400. The zero-order chi connectivity index (χ0) is 13.4. The Kier molecular flexibility index (Phi) is 6.12. The maximum atomic E-state index is 8.71. The standard InChI is InChI=1S/C13H20N4O/c1-11(15)12-5-3-7-16-13(12)17(8-4-6-14)9-10-18-2/h3,5,7,11H,4,8-10,15H2,1-2H3. The van der Waals surface area contributed by atoms with Crippen LogP contribution in [0.15, 0.2) is 18.3 Å². The van der Waals surface area contributed by atoms with Crippen LogP contribution in [0.4, 0.5) is 5.82 Å². The van der Waals surface area contributed by atoms with Gasteiger partial charge in [-0.1, -0.05) is 6.07 Å². The molecule has 0 saturated carbocycles. The molecule has 0 amide bonds. The lowest BCUT2D eigenvalue weighted by Gasteiger charge is -2.25. The third kappa shape index (κ3) is 3.99. The number of ether oxygens (including phenoxy) is 1. The Morgan fingerprint density at radius 3 is 2.94 bits per heavy atom. The molecular weight excluding hydrogens is 228 g/mol. The van der Waals surface area contributed by atoms with Crippen LogP contribution >= 0.6 is 0 Å². The van der Waals surface area contributed by atoms with Gasteiger partial charge in [-0.2, -0.15) is 5.26 Å². The van der Waals surface area contributed by atoms with Crippen LogP contribution in [0, 0.1) is 11.3 Å². The van der Waals surface area contributed by atoms with Crippen molar-refractivity contribution in [2.24, 2.45) is 5.73 Å². The smallest absolute Gasteiger partial charge is 0.133 e. The molecule has 0 aliphatic heterocycles. The van der Waals surface area contributed by atoms with Crippen LogP contribution in [0.2, 0.25) is 0 Å². The van der Waals surface area contributed by atoms with Gasteiger partial charge in [-0.3, -0.25) is 0 Å². The van der Waals surface area contributed by atoms with Gasteiger partial charge in [0, 0.05) is 38.0 Å². The summed E-state index contributed by atoms with van der Waals surface area (Å²) in [5, 5.41) is 8.71. The first-order valence-corrected chi connectivity index (χ1v) is 6.02. The highest BCUT2D eigenvalue weighted by atomic mass is 16.5. The molecule has 2 N–H and O–H groups in total. The highest BCUT2D eigenvalue weighted by Crippen LogP contribution is 2.22. The molecule has 1 aromatic heterocycles. The van der Waals surface area contributed by atoms with Crippen molar-refractivity contribution in [3.05, 3.63) is 23.9 Å². The van der Waals surface area contributed by atoms with Crippen LogP contribution in [0.25, 0.3) is 0 Å². The third-order valence-corrected chi connectivity index (χ3v) is 2.67. The number of hydrogen-bond acceptors (Lipinski definition) is 5. The number of rotatable bonds is 7. The highest BCUT2D eigenvalue weighted by Gasteiger charge is 2.14. The van der Waals surface area contributed by atoms with Gasteiger partial charge in [0.05, 0.1) is 19.1 Å². The normalized spacial score (nSPS) is 11.9. The summed E-state index contributed by atoms with van der Waals surface area (Å²) in [6.07, 6.45) is 2.20. The molecule has 0 spiro atoms. The van der Waals surface area contributed by atoms with Crippen molar-refractivity contribution in [1.29, 1.82) is 5.26 Å². The summed E-state index contributed by atoms with van der Waals surface area (Å²) in [5.74, 6) is 0.847. The molecule has 0 bridgehead atoms. The van der Waals surface area contributed by atoms with Gasteiger partial charge >= 0.3 is 0 Å². The zero-order valence-electron chi connectivity index (χ0n) is 11.0. The first kappa shape index (κ1) is 14.4. The van der Waals surface area contributed by atoms with E-state index in [9.17, 15) is 0 Å². The Labute approximate surface area is 108 Å². The van der Waals surface area contributed by atoms with Gasteiger partial charge in [0.25, 0.3) is 0 Å². The van der Waals surface area contributed by atoms with E-state index in [4.69, 9.17) is 15.7 Å². The van der Waals surface area contributed by atoms with Crippen LogP contribution < -0.4 is 10.6 Å². The molecule has 1 heterocycles. The van der Waals surface area contributed by atoms with E-state index in [2.05, 4.69) is 11.1 Å². The van der Waals surface area contributed by atoms with E-state index in [1.54, 1.807) is 13.3 Å². The quantitative estimate of drug-likeness (QED) is 0.790. The Hall–Kier alpha value is -1.64. The number of anilines is 1. The van der Waals surface area contributed by atoms with E-state index in [0.717, 1.165) is 11.4 Å². The monoisotopic (exact) mass is 248 g/mol. The lowest BCUT2D eigenvalue weighted by molar-refractivity contribution is 0.205. The van der Waals surface area contributed by atoms with Crippen LogP contribution in [-0.4, -0.2) is 31.8 Å². The van der Waals surface area contributed by atoms with Gasteiger partial charge < -0.3 is 15.4 Å². The number of nitriles is 1. The van der Waals surface area contributed by atoms with Crippen molar-refractivity contribution in [2.45, 2.75) is 19.4 Å². The van der Waals surface area contributed by atoms with Crippen molar-refractivity contribution < 1.29 is 4.74 Å². The van der Waals surface area contributed by atoms with Gasteiger partial charge in [0.2, 0.25) is 0 Å². The number of pyridine rings is 1. The fourth-order valence-corrected chi connectivity index (χ4v) is 1.74. The third-order valence-electron chi connectivity index (χ3n) is 2.67. The Balaban J connectivity index is 2.92. The van der Waals surface area contributed by atoms with E-state index < -0.39 is 0 Å². The van der Waals surface area contributed by atoms with Crippen molar-refractivity contribution in [1.82, 2.24) is 4.98 Å². The van der Waals surface area contributed by atoms with E-state index in [-0.39, 0.29) is 6.04 Å². The number of nitrogens with zero attached hydrogens (tertiary/aromatic N) is 3. The van der Waals surface area contributed by atoms with Gasteiger partial charge in [-0.25, -0.2) is 4.98 Å². The Morgan fingerprint density at radius 1 is 1.56 bits per heavy atom. The summed E-state index contributed by atoms with van der Waals surface area (Å²) >= 11 is 0.